The molecule has 0 bridgehead atoms. The van der Waals surface area contributed by atoms with Gasteiger partial charge in [-0.3, -0.25) is 24.0 Å². The fraction of sp³-hybridized carbons (Fsp3) is 0.640. The zero-order chi connectivity index (χ0) is 52.1. The predicted octanol–water partition coefficient (Wildman–Crippen LogP) is 4.79. The van der Waals surface area contributed by atoms with Crippen LogP contribution >= 0.6 is 11.6 Å². The van der Waals surface area contributed by atoms with Crippen LogP contribution in [0.2, 0.25) is 5.02 Å². The third-order valence-electron chi connectivity index (χ3n) is 12.2. The summed E-state index contributed by atoms with van der Waals surface area (Å²) in [6.45, 7) is 16.6. The monoisotopic (exact) mass is 989 g/mol. The molecule has 6 amide bonds. The first-order valence-corrected chi connectivity index (χ1v) is 24.3. The number of nitrogens with zero attached hydrogens (tertiary/aromatic N) is 2. The van der Waals surface area contributed by atoms with Crippen LogP contribution in [0.25, 0.3) is 0 Å². The first-order chi connectivity index (χ1) is 32.4. The van der Waals surface area contributed by atoms with Crippen molar-refractivity contribution in [3.05, 3.63) is 58.1 Å². The third-order valence-corrected chi connectivity index (χ3v) is 12.5. The number of nitrogens with one attached hydrogen (secondary N) is 4. The molecule has 69 heavy (non-hydrogen) atoms. The molecule has 1 unspecified atom stereocenters. The number of halogens is 1. The molecule has 0 aromatic heterocycles. The first kappa shape index (κ1) is 59.6. The van der Waals surface area contributed by atoms with Gasteiger partial charge in [-0.1, -0.05) is 76.9 Å². The van der Waals surface area contributed by atoms with E-state index in [1.165, 1.54) is 45.8 Å². The van der Waals surface area contributed by atoms with E-state index in [1.807, 2.05) is 20.8 Å². The molecule has 0 fully saturated rings. The fourth-order valence-corrected chi connectivity index (χ4v) is 7.61. The number of esters is 2. The van der Waals surface area contributed by atoms with Crippen LogP contribution in [-0.4, -0.2) is 139 Å². The number of likely N-dealkylation sites (N-methyl/N-ethyl adjacent to an activating group) is 2. The topological polar surface area (TPSA) is 239 Å². The highest BCUT2D eigenvalue weighted by Gasteiger charge is 2.37. The molecule has 1 aliphatic rings. The quantitative estimate of drug-likeness (QED) is 0.0777. The molecule has 1 aromatic rings. The summed E-state index contributed by atoms with van der Waals surface area (Å²) in [4.78, 5) is 113. The van der Waals surface area contributed by atoms with Crippen molar-refractivity contribution >= 4 is 59.2 Å². The largest absolute Gasteiger partial charge is 0.456 e. The van der Waals surface area contributed by atoms with Crippen LogP contribution in [0.15, 0.2) is 47.6 Å². The number of benzene rings is 1. The minimum absolute atomic E-state index is 0.00512. The van der Waals surface area contributed by atoms with Crippen molar-refractivity contribution in [2.24, 2.45) is 17.8 Å². The molecular formula is C50H77ClN6O12. The highest BCUT2D eigenvalue weighted by Crippen LogP contribution is 2.26. The van der Waals surface area contributed by atoms with Crippen molar-refractivity contribution in [2.45, 2.75) is 157 Å². The summed E-state index contributed by atoms with van der Waals surface area (Å²) >= 11 is 6.14. The minimum Gasteiger partial charge on any atom is -0.456 e. The number of allylic oxidation sites excluding steroid dienone is 1. The molecule has 1 heterocycles. The summed E-state index contributed by atoms with van der Waals surface area (Å²) in [6.07, 6.45) is 1.46. The Balaban J connectivity index is 2.71. The van der Waals surface area contributed by atoms with Gasteiger partial charge in [-0.15, -0.1) is 0 Å². The van der Waals surface area contributed by atoms with E-state index in [4.69, 9.17) is 30.9 Å². The lowest BCUT2D eigenvalue weighted by molar-refractivity contribution is -0.155. The Morgan fingerprint density at radius 1 is 0.928 bits per heavy atom. The van der Waals surface area contributed by atoms with E-state index in [9.17, 15) is 38.4 Å². The Morgan fingerprint density at radius 2 is 1.57 bits per heavy atom. The lowest BCUT2D eigenvalue weighted by Crippen LogP contribution is -2.57. The molecule has 1 aromatic carbocycles. The Hall–Kier alpha value is -5.49. The van der Waals surface area contributed by atoms with Crippen LogP contribution in [0.4, 0.5) is 4.79 Å². The normalized spacial score (nSPS) is 26.2. The van der Waals surface area contributed by atoms with E-state index in [1.54, 1.807) is 58.0 Å². The number of cyclic esters (lactones) is 2. The lowest BCUT2D eigenvalue weighted by atomic mass is 9.90. The predicted molar refractivity (Wildman–Crippen MR) is 261 cm³/mol. The summed E-state index contributed by atoms with van der Waals surface area (Å²) in [6, 6.07) is 1.93. The van der Waals surface area contributed by atoms with Crippen molar-refractivity contribution in [3.8, 4) is 0 Å². The zero-order valence-electron chi connectivity index (χ0n) is 42.5. The number of carbonyl (C=O) groups is 8. The van der Waals surface area contributed by atoms with Crippen LogP contribution in [0.3, 0.4) is 0 Å². The summed E-state index contributed by atoms with van der Waals surface area (Å²) in [5.41, 5.74) is 1.32. The number of ether oxygens (including phenoxy) is 3. The van der Waals surface area contributed by atoms with Crippen molar-refractivity contribution < 1.29 is 57.7 Å². The van der Waals surface area contributed by atoms with Crippen LogP contribution in [0.5, 0.6) is 0 Å². The first-order valence-electron chi connectivity index (χ1n) is 23.9. The number of hydrogen-bond donors (Lipinski definition) is 5. The molecule has 0 saturated heterocycles. The Bertz CT molecular complexity index is 1980. The average molecular weight is 990 g/mol. The van der Waals surface area contributed by atoms with Gasteiger partial charge in [0.2, 0.25) is 23.6 Å². The van der Waals surface area contributed by atoms with Gasteiger partial charge >= 0.3 is 18.0 Å². The number of amides is 6. The van der Waals surface area contributed by atoms with Gasteiger partial charge < -0.3 is 50.4 Å². The van der Waals surface area contributed by atoms with Gasteiger partial charge in [0.25, 0.3) is 5.91 Å². The summed E-state index contributed by atoms with van der Waals surface area (Å²) in [5.74, 6) is -6.33. The molecule has 5 N–H and O–H groups in total. The molecule has 0 aliphatic carbocycles. The number of unbranched alkanes of at least 4 members (excludes halogenated alkanes) is 2. The summed E-state index contributed by atoms with van der Waals surface area (Å²) in [5, 5.41) is 20.4. The Kier molecular flexibility index (Phi) is 25.5. The number of carbonyl (C=O) groups excluding carboxylic acids is 8. The summed E-state index contributed by atoms with van der Waals surface area (Å²) < 4.78 is 17.8. The molecule has 1 aliphatic heterocycles. The maximum absolute atomic E-state index is 14.3. The van der Waals surface area contributed by atoms with E-state index in [0.717, 1.165) is 4.90 Å². The molecule has 0 saturated carbocycles. The zero-order valence-corrected chi connectivity index (χ0v) is 43.3. The van der Waals surface area contributed by atoms with Crippen LogP contribution in [0.1, 0.15) is 113 Å². The van der Waals surface area contributed by atoms with Gasteiger partial charge in [-0.25, -0.2) is 14.4 Å². The number of hydrogen-bond acceptors (Lipinski definition) is 12. The van der Waals surface area contributed by atoms with E-state index in [2.05, 4.69) is 21.3 Å². The molecule has 18 nitrogen and oxygen atoms in total. The fourth-order valence-electron chi connectivity index (χ4n) is 7.48. The highest BCUT2D eigenvalue weighted by atomic mass is 35.5. The molecular weight excluding hydrogens is 912 g/mol. The van der Waals surface area contributed by atoms with Crippen LogP contribution < -0.4 is 21.3 Å². The van der Waals surface area contributed by atoms with Crippen molar-refractivity contribution in [1.82, 2.24) is 31.1 Å². The smallest absolute Gasteiger partial charge is 0.407 e. The second-order valence-corrected chi connectivity index (χ2v) is 18.9. The van der Waals surface area contributed by atoms with Crippen LogP contribution in [-0.2, 0) is 54.2 Å². The molecule has 19 heteroatoms. The Morgan fingerprint density at radius 3 is 2.16 bits per heavy atom. The molecule has 386 valence electrons. The van der Waals surface area contributed by atoms with Crippen molar-refractivity contribution in [2.75, 3.05) is 33.8 Å². The number of rotatable bonds is 13. The third kappa shape index (κ3) is 19.4. The molecule has 0 spiro atoms. The van der Waals surface area contributed by atoms with E-state index in [-0.39, 0.29) is 43.9 Å². The minimum atomic E-state index is -1.33. The second-order valence-electron chi connectivity index (χ2n) is 18.4. The average Bonchev–Trinajstić information content (AvgIpc) is 3.30. The van der Waals surface area contributed by atoms with Gasteiger partial charge in [0.1, 0.15) is 36.4 Å². The van der Waals surface area contributed by atoms with E-state index in [0.29, 0.717) is 41.8 Å². The maximum Gasteiger partial charge on any atom is 0.407 e. The Labute approximate surface area is 413 Å². The number of alkyl carbamates (subject to hydrolysis) is 1. The van der Waals surface area contributed by atoms with Crippen molar-refractivity contribution in [3.63, 3.8) is 0 Å². The van der Waals surface area contributed by atoms with E-state index < -0.39 is 108 Å². The lowest BCUT2D eigenvalue weighted by Gasteiger charge is -2.33. The molecule has 0 radical (unpaired) electrons. The van der Waals surface area contributed by atoms with Gasteiger partial charge in [-0.05, 0) is 95.4 Å². The van der Waals surface area contributed by atoms with E-state index >= 15 is 0 Å². The van der Waals surface area contributed by atoms with Crippen LogP contribution in [0, 0.1) is 17.8 Å². The second kappa shape index (κ2) is 29.5. The standard InChI is InChI=1S/C50H77ClN6O12/c1-13-30(5)42-45(61)54-35(10)49(65)69-43(31(6)14-2)33(8)39(68-50(66)52-24-16-15-17-25-58)23-18-32(7)48(64)67-40(26-29(3)4)44(60)53-34(9)46(62)57(12)38(27-36-19-21-37(51)22-20-36)47(63)56(11)28-41(59)55-42/h14,18-22,29-30,33-35,38-40,42-43,58H,13,15-17,23-28H2,1-12H3,(H,52,66)(H,53,60)(H,54,61)(H,55,59)/b31-14+,32-18+/t30?,33-,34-,35+,38+,39-,40+,42-,43+/m0/s1. The molecule has 2 rings (SSSR count). The van der Waals surface area contributed by atoms with Gasteiger partial charge in [0.15, 0.2) is 6.10 Å². The highest BCUT2D eigenvalue weighted by molar-refractivity contribution is 6.30. The maximum atomic E-state index is 14.3. The van der Waals surface area contributed by atoms with Gasteiger partial charge in [0, 0.05) is 56.6 Å². The summed E-state index contributed by atoms with van der Waals surface area (Å²) in [7, 11) is 2.80. The SMILES string of the molecule is C/C=C(\C)[C@H]1OC(=O)[C@@H](C)NC(=O)[C@H](C(C)CC)NC(=O)CN(C)C(=O)[C@@H](Cc2ccc(Cl)cc2)N(C)C(=O)[C@H](C)NC(=O)[C@@H](CC(C)C)OC(=O)/C(C)=C/C[C@H](OC(=O)NCCCCCO)[C@@H]1C. The van der Waals surface area contributed by atoms with Crippen molar-refractivity contribution in [1.29, 1.82) is 0 Å². The van der Waals surface area contributed by atoms with Gasteiger partial charge in [-0.2, -0.15) is 0 Å². The molecule has 9 atom stereocenters. The van der Waals surface area contributed by atoms with Gasteiger partial charge in [0.05, 0.1) is 6.54 Å². The number of aliphatic hydroxyl groups is 1. The number of aliphatic hydroxyl groups excluding tert-OH is 1.